The van der Waals surface area contributed by atoms with Crippen LogP contribution in [0.3, 0.4) is 0 Å². The SMILES string of the molecule is CCCCC(=O)c1cc(C)cc(C)c1OC. The van der Waals surface area contributed by atoms with Crippen LogP contribution in [-0.2, 0) is 0 Å². The van der Waals surface area contributed by atoms with Crippen molar-refractivity contribution in [3.8, 4) is 5.75 Å². The molecule has 0 unspecified atom stereocenters. The molecule has 0 radical (unpaired) electrons. The molecular formula is C14H20O2. The van der Waals surface area contributed by atoms with Gasteiger partial charge in [-0.25, -0.2) is 0 Å². The number of hydrogen-bond donors (Lipinski definition) is 0. The zero-order chi connectivity index (χ0) is 12.1. The molecule has 0 amide bonds. The first-order valence-electron chi connectivity index (χ1n) is 5.78. The Morgan fingerprint density at radius 1 is 1.31 bits per heavy atom. The molecule has 16 heavy (non-hydrogen) atoms. The van der Waals surface area contributed by atoms with Gasteiger partial charge in [-0.05, 0) is 37.5 Å². The highest BCUT2D eigenvalue weighted by Crippen LogP contribution is 2.26. The predicted molar refractivity (Wildman–Crippen MR) is 66.3 cm³/mol. The summed E-state index contributed by atoms with van der Waals surface area (Å²) in [6.45, 7) is 6.07. The van der Waals surface area contributed by atoms with Crippen molar-refractivity contribution in [1.29, 1.82) is 0 Å². The van der Waals surface area contributed by atoms with Crippen LogP contribution in [0.25, 0.3) is 0 Å². The molecule has 1 aromatic rings. The fourth-order valence-electron chi connectivity index (χ4n) is 1.90. The number of methoxy groups -OCH3 is 1. The fraction of sp³-hybridized carbons (Fsp3) is 0.500. The Kier molecular flexibility index (Phi) is 4.53. The molecule has 0 heterocycles. The van der Waals surface area contributed by atoms with Gasteiger partial charge in [0.2, 0.25) is 0 Å². The molecule has 0 atom stereocenters. The van der Waals surface area contributed by atoms with Gasteiger partial charge >= 0.3 is 0 Å². The summed E-state index contributed by atoms with van der Waals surface area (Å²) in [6.07, 6.45) is 2.59. The second kappa shape index (κ2) is 5.69. The van der Waals surface area contributed by atoms with Crippen LogP contribution >= 0.6 is 0 Å². The standard InChI is InChI=1S/C14H20O2/c1-5-6-7-13(15)12-9-10(2)8-11(3)14(12)16-4/h8-9H,5-7H2,1-4H3. The summed E-state index contributed by atoms with van der Waals surface area (Å²) in [4.78, 5) is 12.0. The zero-order valence-electron chi connectivity index (χ0n) is 10.6. The number of Topliss-reactive ketones (excluding diaryl/α,β-unsaturated/α-hetero) is 1. The van der Waals surface area contributed by atoms with Crippen molar-refractivity contribution < 1.29 is 9.53 Å². The smallest absolute Gasteiger partial charge is 0.166 e. The van der Waals surface area contributed by atoms with E-state index in [1.165, 1.54) is 0 Å². The molecular weight excluding hydrogens is 200 g/mol. The molecule has 0 spiro atoms. The van der Waals surface area contributed by atoms with Crippen molar-refractivity contribution in [1.82, 2.24) is 0 Å². The van der Waals surface area contributed by atoms with Crippen molar-refractivity contribution in [3.05, 3.63) is 28.8 Å². The largest absolute Gasteiger partial charge is 0.496 e. The first kappa shape index (κ1) is 12.8. The Morgan fingerprint density at radius 2 is 2.00 bits per heavy atom. The lowest BCUT2D eigenvalue weighted by Crippen LogP contribution is -2.04. The highest BCUT2D eigenvalue weighted by atomic mass is 16.5. The Balaban J connectivity index is 3.05. The van der Waals surface area contributed by atoms with Crippen LogP contribution in [-0.4, -0.2) is 12.9 Å². The van der Waals surface area contributed by atoms with Crippen molar-refractivity contribution in [3.63, 3.8) is 0 Å². The van der Waals surface area contributed by atoms with E-state index in [1.54, 1.807) is 7.11 Å². The normalized spacial score (nSPS) is 10.2. The predicted octanol–water partition coefficient (Wildman–Crippen LogP) is 3.68. The number of carbonyl (C=O) groups is 1. The number of hydrogen-bond acceptors (Lipinski definition) is 2. The van der Waals surface area contributed by atoms with E-state index in [4.69, 9.17) is 4.74 Å². The van der Waals surface area contributed by atoms with Gasteiger partial charge in [-0.2, -0.15) is 0 Å². The Bertz CT molecular complexity index is 381. The van der Waals surface area contributed by atoms with E-state index >= 15 is 0 Å². The van der Waals surface area contributed by atoms with Crippen LogP contribution in [0.5, 0.6) is 5.75 Å². The first-order valence-corrected chi connectivity index (χ1v) is 5.78. The molecule has 2 nitrogen and oxygen atoms in total. The second-order valence-electron chi connectivity index (χ2n) is 4.19. The molecule has 0 N–H and O–H groups in total. The minimum absolute atomic E-state index is 0.186. The number of benzene rings is 1. The maximum Gasteiger partial charge on any atom is 0.166 e. The van der Waals surface area contributed by atoms with Crippen LogP contribution in [0.15, 0.2) is 12.1 Å². The van der Waals surface area contributed by atoms with E-state index in [1.807, 2.05) is 26.0 Å². The minimum atomic E-state index is 0.186. The van der Waals surface area contributed by atoms with Gasteiger partial charge in [0, 0.05) is 6.42 Å². The lowest BCUT2D eigenvalue weighted by atomic mass is 9.99. The van der Waals surface area contributed by atoms with Gasteiger partial charge in [-0.3, -0.25) is 4.79 Å². The average Bonchev–Trinajstić information content (AvgIpc) is 2.24. The minimum Gasteiger partial charge on any atom is -0.496 e. The fourth-order valence-corrected chi connectivity index (χ4v) is 1.90. The maximum absolute atomic E-state index is 12.0. The highest BCUT2D eigenvalue weighted by Gasteiger charge is 2.14. The number of aryl methyl sites for hydroxylation is 2. The molecule has 0 aliphatic carbocycles. The number of ketones is 1. The molecule has 88 valence electrons. The molecule has 0 fully saturated rings. The third-order valence-corrected chi connectivity index (χ3v) is 2.68. The molecule has 1 aromatic carbocycles. The highest BCUT2D eigenvalue weighted by molar-refractivity contribution is 5.99. The Hall–Kier alpha value is -1.31. The summed E-state index contributed by atoms with van der Waals surface area (Å²) in [5.41, 5.74) is 2.87. The van der Waals surface area contributed by atoms with E-state index < -0.39 is 0 Å². The van der Waals surface area contributed by atoms with Crippen molar-refractivity contribution in [2.45, 2.75) is 40.0 Å². The molecule has 0 aromatic heterocycles. The molecule has 2 heteroatoms. The number of ether oxygens (including phenoxy) is 1. The lowest BCUT2D eigenvalue weighted by Gasteiger charge is -2.11. The van der Waals surface area contributed by atoms with Crippen molar-refractivity contribution in [2.75, 3.05) is 7.11 Å². The van der Waals surface area contributed by atoms with E-state index in [-0.39, 0.29) is 5.78 Å². The third-order valence-electron chi connectivity index (χ3n) is 2.68. The van der Waals surface area contributed by atoms with Gasteiger partial charge in [-0.1, -0.05) is 19.4 Å². The summed E-state index contributed by atoms with van der Waals surface area (Å²) in [6, 6.07) is 3.96. The molecule has 0 saturated carbocycles. The zero-order valence-corrected chi connectivity index (χ0v) is 10.6. The van der Waals surface area contributed by atoms with Gasteiger partial charge in [0.15, 0.2) is 5.78 Å². The molecule has 0 aliphatic rings. The summed E-state index contributed by atoms with van der Waals surface area (Å²) in [5.74, 6) is 0.914. The van der Waals surface area contributed by atoms with Gasteiger partial charge in [0.05, 0.1) is 12.7 Å². The van der Waals surface area contributed by atoms with Crippen LogP contribution < -0.4 is 4.74 Å². The second-order valence-corrected chi connectivity index (χ2v) is 4.19. The van der Waals surface area contributed by atoms with Gasteiger partial charge in [0.25, 0.3) is 0 Å². The van der Waals surface area contributed by atoms with E-state index in [0.29, 0.717) is 6.42 Å². The van der Waals surface area contributed by atoms with Crippen molar-refractivity contribution in [2.24, 2.45) is 0 Å². The number of carbonyl (C=O) groups excluding carboxylic acids is 1. The van der Waals surface area contributed by atoms with Crippen LogP contribution in [0.2, 0.25) is 0 Å². The molecule has 0 aliphatic heterocycles. The number of rotatable bonds is 5. The van der Waals surface area contributed by atoms with Crippen LogP contribution in [0.4, 0.5) is 0 Å². The molecule has 1 rings (SSSR count). The number of unbranched alkanes of at least 4 members (excludes halogenated alkanes) is 1. The summed E-state index contributed by atoms with van der Waals surface area (Å²) < 4.78 is 5.31. The maximum atomic E-state index is 12.0. The quantitative estimate of drug-likeness (QED) is 0.707. The summed E-state index contributed by atoms with van der Waals surface area (Å²) >= 11 is 0. The summed E-state index contributed by atoms with van der Waals surface area (Å²) in [5, 5.41) is 0. The average molecular weight is 220 g/mol. The van der Waals surface area contributed by atoms with Gasteiger partial charge in [-0.15, -0.1) is 0 Å². The van der Waals surface area contributed by atoms with E-state index in [0.717, 1.165) is 35.3 Å². The molecule has 0 bridgehead atoms. The Morgan fingerprint density at radius 3 is 2.56 bits per heavy atom. The van der Waals surface area contributed by atoms with Gasteiger partial charge in [0.1, 0.15) is 5.75 Å². The monoisotopic (exact) mass is 220 g/mol. The molecule has 0 saturated heterocycles. The van der Waals surface area contributed by atoms with E-state index in [9.17, 15) is 4.79 Å². The van der Waals surface area contributed by atoms with Crippen LogP contribution in [0, 0.1) is 13.8 Å². The summed E-state index contributed by atoms with van der Waals surface area (Å²) in [7, 11) is 1.62. The van der Waals surface area contributed by atoms with Crippen molar-refractivity contribution >= 4 is 5.78 Å². The van der Waals surface area contributed by atoms with Gasteiger partial charge < -0.3 is 4.74 Å². The Labute approximate surface area is 97.6 Å². The van der Waals surface area contributed by atoms with Crippen LogP contribution in [0.1, 0.15) is 47.7 Å². The van der Waals surface area contributed by atoms with E-state index in [2.05, 4.69) is 6.92 Å². The topological polar surface area (TPSA) is 26.3 Å². The first-order chi connectivity index (χ1) is 7.60. The lowest BCUT2D eigenvalue weighted by molar-refractivity contribution is 0.0976. The third kappa shape index (κ3) is 2.84.